The van der Waals surface area contributed by atoms with E-state index in [1.165, 1.54) is 11.3 Å². The molecule has 0 saturated carbocycles. The van der Waals surface area contributed by atoms with Crippen molar-refractivity contribution in [3.63, 3.8) is 0 Å². The Labute approximate surface area is 119 Å². The number of aromatic nitrogens is 1. The van der Waals surface area contributed by atoms with Crippen LogP contribution >= 0.6 is 22.9 Å². The van der Waals surface area contributed by atoms with Gasteiger partial charge in [0, 0.05) is 11.6 Å². The number of benzene rings is 1. The number of rotatable bonds is 3. The van der Waals surface area contributed by atoms with E-state index in [0.717, 1.165) is 10.4 Å². The zero-order valence-electron chi connectivity index (χ0n) is 9.93. The number of nitrogens with one attached hydrogen (secondary N) is 1. The molecule has 0 saturated heterocycles. The normalized spacial score (nSPS) is 16.8. The number of halogens is 1. The van der Waals surface area contributed by atoms with Gasteiger partial charge in [-0.25, -0.2) is 4.98 Å². The number of nitrogens with zero attached hydrogens (tertiary/aromatic N) is 1. The number of thiazole rings is 1. The molecule has 0 radical (unpaired) electrons. The van der Waals surface area contributed by atoms with Crippen LogP contribution in [-0.4, -0.2) is 17.5 Å². The fraction of sp³-hybridized carbons (Fsp3) is 0.231. The van der Waals surface area contributed by atoms with Crippen LogP contribution in [0.3, 0.4) is 0 Å². The molecule has 1 amide bonds. The van der Waals surface area contributed by atoms with Crippen molar-refractivity contribution >= 4 is 28.8 Å². The Hall–Kier alpha value is -1.59. The van der Waals surface area contributed by atoms with Gasteiger partial charge in [-0.3, -0.25) is 4.79 Å². The predicted molar refractivity (Wildman–Crippen MR) is 73.6 cm³/mol. The fourth-order valence-electron chi connectivity index (χ4n) is 1.93. The van der Waals surface area contributed by atoms with Crippen molar-refractivity contribution in [3.05, 3.63) is 45.2 Å². The van der Waals surface area contributed by atoms with Gasteiger partial charge < -0.3 is 10.1 Å². The lowest BCUT2D eigenvalue weighted by Gasteiger charge is -2.09. The molecule has 0 spiro atoms. The van der Waals surface area contributed by atoms with E-state index in [2.05, 4.69) is 10.3 Å². The summed E-state index contributed by atoms with van der Waals surface area (Å²) < 4.78 is 5.36. The van der Waals surface area contributed by atoms with Gasteiger partial charge in [-0.2, -0.15) is 0 Å². The van der Waals surface area contributed by atoms with Crippen LogP contribution in [0.25, 0.3) is 0 Å². The molecule has 98 valence electrons. The first-order valence-corrected chi connectivity index (χ1v) is 7.08. The van der Waals surface area contributed by atoms with E-state index in [9.17, 15) is 4.79 Å². The first-order chi connectivity index (χ1) is 9.24. The van der Waals surface area contributed by atoms with Crippen LogP contribution < -0.4 is 10.1 Å². The molecule has 1 aromatic heterocycles. The Kier molecular flexibility index (Phi) is 3.40. The van der Waals surface area contributed by atoms with E-state index in [1.54, 1.807) is 5.51 Å². The highest BCUT2D eigenvalue weighted by atomic mass is 35.5. The van der Waals surface area contributed by atoms with Crippen LogP contribution in [-0.2, 0) is 11.3 Å². The molecule has 3 rings (SSSR count). The Balaban J connectivity index is 1.62. The van der Waals surface area contributed by atoms with Gasteiger partial charge in [-0.15, -0.1) is 11.3 Å². The van der Waals surface area contributed by atoms with Crippen LogP contribution in [0.4, 0.5) is 0 Å². The van der Waals surface area contributed by atoms with Gasteiger partial charge in [0.2, 0.25) is 11.8 Å². The zero-order chi connectivity index (χ0) is 13.2. The molecule has 1 aliphatic heterocycles. The number of fused-ring (bicyclic) bond motifs is 1. The molecule has 2 aromatic rings. The highest BCUT2D eigenvalue weighted by Gasteiger charge is 2.32. The van der Waals surface area contributed by atoms with Crippen LogP contribution in [0.2, 0.25) is 5.02 Å². The standard InChI is InChI=1S/C13H11ClN2O2S/c14-9-3-1-8(2-4-9)5-15-12(17)10-6-18-13-11(10)19-7-16-13/h1-4,7,10H,5-6H2,(H,15,17). The minimum atomic E-state index is -0.241. The maximum absolute atomic E-state index is 12.1. The van der Waals surface area contributed by atoms with E-state index in [1.807, 2.05) is 24.3 Å². The van der Waals surface area contributed by atoms with Crippen molar-refractivity contribution in [2.75, 3.05) is 6.61 Å². The first-order valence-electron chi connectivity index (χ1n) is 5.82. The Morgan fingerprint density at radius 2 is 2.26 bits per heavy atom. The lowest BCUT2D eigenvalue weighted by atomic mass is 10.1. The second-order valence-electron chi connectivity index (χ2n) is 4.23. The minimum absolute atomic E-state index is 0.0297. The largest absolute Gasteiger partial charge is 0.476 e. The summed E-state index contributed by atoms with van der Waals surface area (Å²) in [7, 11) is 0. The Morgan fingerprint density at radius 1 is 1.47 bits per heavy atom. The Morgan fingerprint density at radius 3 is 3.05 bits per heavy atom. The van der Waals surface area contributed by atoms with Gasteiger partial charge in [0.15, 0.2) is 0 Å². The molecular weight excluding hydrogens is 284 g/mol. The third-order valence-electron chi connectivity index (χ3n) is 2.96. The number of hydrogen-bond donors (Lipinski definition) is 1. The predicted octanol–water partition coefficient (Wildman–Crippen LogP) is 2.59. The van der Waals surface area contributed by atoms with Crippen molar-refractivity contribution in [2.45, 2.75) is 12.5 Å². The molecule has 2 heterocycles. The lowest BCUT2D eigenvalue weighted by Crippen LogP contribution is -2.29. The number of ether oxygens (including phenoxy) is 1. The van der Waals surface area contributed by atoms with E-state index < -0.39 is 0 Å². The molecule has 19 heavy (non-hydrogen) atoms. The highest BCUT2D eigenvalue weighted by Crippen LogP contribution is 2.35. The zero-order valence-corrected chi connectivity index (χ0v) is 11.5. The lowest BCUT2D eigenvalue weighted by molar-refractivity contribution is -0.122. The minimum Gasteiger partial charge on any atom is -0.476 e. The molecule has 0 fully saturated rings. The summed E-state index contributed by atoms with van der Waals surface area (Å²) in [6, 6.07) is 7.41. The maximum atomic E-state index is 12.1. The van der Waals surface area contributed by atoms with Crippen molar-refractivity contribution in [1.29, 1.82) is 0 Å². The molecule has 1 aromatic carbocycles. The van der Waals surface area contributed by atoms with E-state index in [4.69, 9.17) is 16.3 Å². The van der Waals surface area contributed by atoms with Gasteiger partial charge in [-0.05, 0) is 17.7 Å². The van der Waals surface area contributed by atoms with Gasteiger partial charge in [0.05, 0.1) is 10.4 Å². The SMILES string of the molecule is O=C(NCc1ccc(Cl)cc1)C1COc2ncsc21. The average molecular weight is 295 g/mol. The summed E-state index contributed by atoms with van der Waals surface area (Å²) >= 11 is 7.27. The van der Waals surface area contributed by atoms with Crippen LogP contribution in [0, 0.1) is 0 Å². The third-order valence-corrected chi connectivity index (χ3v) is 4.14. The second-order valence-corrected chi connectivity index (χ2v) is 5.55. The molecule has 1 atom stereocenters. The van der Waals surface area contributed by atoms with Crippen LogP contribution in [0.1, 0.15) is 16.4 Å². The summed E-state index contributed by atoms with van der Waals surface area (Å²) in [5, 5.41) is 3.60. The summed E-state index contributed by atoms with van der Waals surface area (Å²) in [5.74, 6) is 0.324. The summed E-state index contributed by atoms with van der Waals surface area (Å²) in [5.41, 5.74) is 2.71. The molecule has 1 aliphatic rings. The first kappa shape index (κ1) is 12.4. The topological polar surface area (TPSA) is 51.2 Å². The van der Waals surface area contributed by atoms with E-state index in [0.29, 0.717) is 24.1 Å². The monoisotopic (exact) mass is 294 g/mol. The molecule has 6 heteroatoms. The summed E-state index contributed by atoms with van der Waals surface area (Å²) in [6.45, 7) is 0.863. The molecular formula is C13H11ClN2O2S. The molecule has 0 bridgehead atoms. The number of carbonyl (C=O) groups is 1. The second kappa shape index (κ2) is 5.19. The van der Waals surface area contributed by atoms with Crippen molar-refractivity contribution < 1.29 is 9.53 Å². The third kappa shape index (κ3) is 2.57. The average Bonchev–Trinajstić information content (AvgIpc) is 3.00. The van der Waals surface area contributed by atoms with Crippen molar-refractivity contribution in [3.8, 4) is 5.88 Å². The smallest absolute Gasteiger partial charge is 0.232 e. The molecule has 0 aliphatic carbocycles. The van der Waals surface area contributed by atoms with E-state index >= 15 is 0 Å². The highest BCUT2D eigenvalue weighted by molar-refractivity contribution is 7.10. The Bertz CT molecular complexity index is 597. The fourth-order valence-corrected chi connectivity index (χ4v) is 2.87. The van der Waals surface area contributed by atoms with Crippen LogP contribution in [0.15, 0.2) is 29.8 Å². The summed E-state index contributed by atoms with van der Waals surface area (Å²) in [6.07, 6.45) is 0. The number of carbonyl (C=O) groups excluding carboxylic acids is 1. The van der Waals surface area contributed by atoms with E-state index in [-0.39, 0.29) is 11.8 Å². The van der Waals surface area contributed by atoms with Gasteiger partial charge in [0.1, 0.15) is 12.5 Å². The molecule has 1 unspecified atom stereocenters. The summed E-state index contributed by atoms with van der Waals surface area (Å²) in [4.78, 5) is 17.1. The number of amides is 1. The molecule has 1 N–H and O–H groups in total. The van der Waals surface area contributed by atoms with Gasteiger partial charge >= 0.3 is 0 Å². The van der Waals surface area contributed by atoms with Gasteiger partial charge in [-0.1, -0.05) is 23.7 Å². The quantitative estimate of drug-likeness (QED) is 0.946. The van der Waals surface area contributed by atoms with Crippen molar-refractivity contribution in [1.82, 2.24) is 10.3 Å². The number of hydrogen-bond acceptors (Lipinski definition) is 4. The van der Waals surface area contributed by atoms with Gasteiger partial charge in [0.25, 0.3) is 0 Å². The van der Waals surface area contributed by atoms with Crippen molar-refractivity contribution in [2.24, 2.45) is 0 Å². The van der Waals surface area contributed by atoms with Crippen LogP contribution in [0.5, 0.6) is 5.88 Å². The molecule has 4 nitrogen and oxygen atoms in total. The maximum Gasteiger partial charge on any atom is 0.232 e.